The van der Waals surface area contributed by atoms with Crippen molar-refractivity contribution in [3.8, 4) is 11.5 Å². The van der Waals surface area contributed by atoms with Crippen LogP contribution in [-0.2, 0) is 6.42 Å². The maximum atomic E-state index is 9.78. The van der Waals surface area contributed by atoms with Crippen LogP contribution in [0.5, 0.6) is 11.5 Å². The smallest absolute Gasteiger partial charge is 0.123 e. The van der Waals surface area contributed by atoms with E-state index in [9.17, 15) is 10.2 Å². The van der Waals surface area contributed by atoms with E-state index in [0.29, 0.717) is 5.92 Å². The van der Waals surface area contributed by atoms with Gasteiger partial charge in [0.05, 0.1) is 0 Å². The van der Waals surface area contributed by atoms with E-state index in [1.165, 1.54) is 6.07 Å². The lowest BCUT2D eigenvalue weighted by Gasteiger charge is -2.25. The van der Waals surface area contributed by atoms with Crippen LogP contribution in [0.3, 0.4) is 0 Å². The molecule has 76 valence electrons. The molecule has 0 heterocycles. The second-order valence-corrected chi connectivity index (χ2v) is 4.04. The number of fused-ring (bicyclic) bond motifs is 1. The van der Waals surface area contributed by atoms with Crippen molar-refractivity contribution in [2.75, 3.05) is 0 Å². The van der Waals surface area contributed by atoms with E-state index in [-0.39, 0.29) is 11.5 Å². The van der Waals surface area contributed by atoms with Gasteiger partial charge in [-0.05, 0) is 43.2 Å². The van der Waals surface area contributed by atoms with Gasteiger partial charge >= 0.3 is 0 Å². The number of benzene rings is 1. The summed E-state index contributed by atoms with van der Waals surface area (Å²) in [6.07, 6.45) is 4.36. The molecule has 1 aliphatic carbocycles. The lowest BCUT2D eigenvalue weighted by molar-refractivity contribution is 0.426. The third-order valence-electron chi connectivity index (χ3n) is 3.13. The van der Waals surface area contributed by atoms with E-state index in [0.717, 1.165) is 36.8 Å². The highest BCUT2D eigenvalue weighted by atomic mass is 16.3. The highest BCUT2D eigenvalue weighted by Crippen LogP contribution is 2.41. The van der Waals surface area contributed by atoms with Gasteiger partial charge in [-0.3, -0.25) is 0 Å². The van der Waals surface area contributed by atoms with Crippen LogP contribution in [0.4, 0.5) is 0 Å². The minimum Gasteiger partial charge on any atom is -0.508 e. The van der Waals surface area contributed by atoms with Crippen LogP contribution in [0.15, 0.2) is 12.1 Å². The number of rotatable bonds is 1. The van der Waals surface area contributed by atoms with Crippen LogP contribution in [-0.4, -0.2) is 10.2 Å². The van der Waals surface area contributed by atoms with Gasteiger partial charge in [-0.15, -0.1) is 0 Å². The Morgan fingerprint density at radius 2 is 2.14 bits per heavy atom. The predicted octanol–water partition coefficient (Wildman–Crippen LogP) is 2.93. The summed E-state index contributed by atoms with van der Waals surface area (Å²) in [5.74, 6) is 0.920. The van der Waals surface area contributed by atoms with E-state index < -0.39 is 0 Å². The number of hydrogen-bond donors (Lipinski definition) is 2. The normalized spacial score (nSPS) is 20.5. The number of phenolic OH excluding ortho intramolecular Hbond substituents is 2. The van der Waals surface area contributed by atoms with Gasteiger partial charge in [0.1, 0.15) is 11.5 Å². The molecular weight excluding hydrogens is 176 g/mol. The van der Waals surface area contributed by atoms with Crippen molar-refractivity contribution in [2.24, 2.45) is 0 Å². The molecule has 1 aromatic rings. The van der Waals surface area contributed by atoms with Crippen molar-refractivity contribution in [3.63, 3.8) is 0 Å². The Labute approximate surface area is 84.2 Å². The van der Waals surface area contributed by atoms with Crippen molar-refractivity contribution in [2.45, 2.75) is 38.5 Å². The fourth-order valence-corrected chi connectivity index (χ4v) is 2.45. The monoisotopic (exact) mass is 192 g/mol. The number of phenols is 2. The maximum absolute atomic E-state index is 9.78. The quantitative estimate of drug-likeness (QED) is 0.718. The maximum Gasteiger partial charge on any atom is 0.123 e. The molecule has 0 bridgehead atoms. The van der Waals surface area contributed by atoms with Gasteiger partial charge in [0, 0.05) is 11.6 Å². The van der Waals surface area contributed by atoms with E-state index in [2.05, 4.69) is 6.92 Å². The topological polar surface area (TPSA) is 40.5 Å². The summed E-state index contributed by atoms with van der Waals surface area (Å²) in [7, 11) is 0. The highest BCUT2D eigenvalue weighted by Gasteiger charge is 2.22. The lowest BCUT2D eigenvalue weighted by atomic mass is 9.81. The number of aryl methyl sites for hydroxylation is 1. The summed E-state index contributed by atoms with van der Waals surface area (Å²) in [6, 6.07) is 3.24. The van der Waals surface area contributed by atoms with Crippen molar-refractivity contribution in [1.82, 2.24) is 0 Å². The Bertz CT molecular complexity index is 344. The Hall–Kier alpha value is -1.18. The molecule has 0 aliphatic heterocycles. The average Bonchev–Trinajstić information content (AvgIpc) is 2.16. The van der Waals surface area contributed by atoms with Crippen LogP contribution in [0, 0.1) is 0 Å². The summed E-state index contributed by atoms with van der Waals surface area (Å²) in [5, 5.41) is 19.1. The average molecular weight is 192 g/mol. The lowest BCUT2D eigenvalue weighted by Crippen LogP contribution is -2.09. The summed E-state index contributed by atoms with van der Waals surface area (Å²) >= 11 is 0. The molecule has 0 aromatic heterocycles. The molecule has 0 fully saturated rings. The second kappa shape index (κ2) is 3.52. The SMILES string of the molecule is CC[C@@H]1CCCc2cc(O)cc(O)c21. The third kappa shape index (κ3) is 1.45. The number of aromatic hydroxyl groups is 2. The van der Waals surface area contributed by atoms with Crippen LogP contribution in [0.1, 0.15) is 43.2 Å². The first kappa shape index (κ1) is 9.38. The van der Waals surface area contributed by atoms with Crippen LogP contribution in [0.2, 0.25) is 0 Å². The zero-order valence-electron chi connectivity index (χ0n) is 8.45. The van der Waals surface area contributed by atoms with Gasteiger partial charge in [0.25, 0.3) is 0 Å². The largest absolute Gasteiger partial charge is 0.508 e. The second-order valence-electron chi connectivity index (χ2n) is 4.04. The van der Waals surface area contributed by atoms with Gasteiger partial charge in [0.2, 0.25) is 0 Å². The molecule has 1 atom stereocenters. The van der Waals surface area contributed by atoms with E-state index in [1.54, 1.807) is 6.07 Å². The predicted molar refractivity (Wildman–Crippen MR) is 55.7 cm³/mol. The summed E-state index contributed by atoms with van der Waals surface area (Å²) in [4.78, 5) is 0. The first-order valence-electron chi connectivity index (χ1n) is 5.27. The molecule has 0 spiro atoms. The third-order valence-corrected chi connectivity index (χ3v) is 3.13. The standard InChI is InChI=1S/C12H16O2/c1-2-8-4-3-5-9-6-10(13)7-11(14)12(8)9/h6-8,13-14H,2-5H2,1H3/t8-/m1/s1. The van der Waals surface area contributed by atoms with Gasteiger partial charge < -0.3 is 10.2 Å². The Morgan fingerprint density at radius 3 is 2.86 bits per heavy atom. The van der Waals surface area contributed by atoms with Gasteiger partial charge in [0.15, 0.2) is 0 Å². The molecule has 0 unspecified atom stereocenters. The van der Waals surface area contributed by atoms with E-state index >= 15 is 0 Å². The van der Waals surface area contributed by atoms with Crippen LogP contribution >= 0.6 is 0 Å². The zero-order chi connectivity index (χ0) is 10.1. The summed E-state index contributed by atoms with van der Waals surface area (Å²) < 4.78 is 0. The number of hydrogen-bond acceptors (Lipinski definition) is 2. The molecule has 0 saturated carbocycles. The van der Waals surface area contributed by atoms with Crippen molar-refractivity contribution < 1.29 is 10.2 Å². The molecule has 2 nitrogen and oxygen atoms in total. The Balaban J connectivity index is 2.51. The minimum atomic E-state index is 0.179. The first-order valence-corrected chi connectivity index (χ1v) is 5.27. The van der Waals surface area contributed by atoms with Gasteiger partial charge in [-0.2, -0.15) is 0 Å². The molecular formula is C12H16O2. The molecule has 14 heavy (non-hydrogen) atoms. The Morgan fingerprint density at radius 1 is 1.36 bits per heavy atom. The summed E-state index contributed by atoms with van der Waals surface area (Å²) in [6.45, 7) is 2.14. The first-order chi connectivity index (χ1) is 6.72. The molecule has 0 radical (unpaired) electrons. The molecule has 2 heteroatoms. The molecule has 2 rings (SSSR count). The molecule has 2 N–H and O–H groups in total. The van der Waals surface area contributed by atoms with Crippen molar-refractivity contribution in [3.05, 3.63) is 23.3 Å². The zero-order valence-corrected chi connectivity index (χ0v) is 8.45. The molecule has 1 aliphatic rings. The summed E-state index contributed by atoms with van der Waals surface area (Å²) in [5.41, 5.74) is 2.19. The molecule has 0 amide bonds. The fraction of sp³-hybridized carbons (Fsp3) is 0.500. The van der Waals surface area contributed by atoms with E-state index in [4.69, 9.17) is 0 Å². The van der Waals surface area contributed by atoms with Gasteiger partial charge in [-0.25, -0.2) is 0 Å². The highest BCUT2D eigenvalue weighted by molar-refractivity contribution is 5.48. The van der Waals surface area contributed by atoms with E-state index in [1.807, 2.05) is 0 Å². The van der Waals surface area contributed by atoms with Crippen molar-refractivity contribution >= 4 is 0 Å². The van der Waals surface area contributed by atoms with Crippen LogP contribution < -0.4 is 0 Å². The minimum absolute atomic E-state index is 0.179. The van der Waals surface area contributed by atoms with Crippen molar-refractivity contribution in [1.29, 1.82) is 0 Å². The molecule has 0 saturated heterocycles. The molecule has 1 aromatic carbocycles. The fourth-order valence-electron chi connectivity index (χ4n) is 2.45. The Kier molecular flexibility index (Phi) is 2.36. The van der Waals surface area contributed by atoms with Crippen LogP contribution in [0.25, 0.3) is 0 Å². The van der Waals surface area contributed by atoms with Gasteiger partial charge in [-0.1, -0.05) is 6.92 Å².